The van der Waals surface area contributed by atoms with E-state index in [1.54, 1.807) is 11.3 Å². The third-order valence-electron chi connectivity index (χ3n) is 4.16. The molecule has 122 valence electrons. The average Bonchev–Trinajstić information content (AvgIpc) is 3.09. The van der Waals surface area contributed by atoms with Gasteiger partial charge in [0.15, 0.2) is 0 Å². The van der Waals surface area contributed by atoms with Gasteiger partial charge in [0.05, 0.1) is 6.42 Å². The molecular formula is C18H23N3OS. The van der Waals surface area contributed by atoms with Gasteiger partial charge in [-0.15, -0.1) is 11.3 Å². The Labute approximate surface area is 141 Å². The summed E-state index contributed by atoms with van der Waals surface area (Å²) in [5.41, 5.74) is 1.30. The molecule has 0 radical (unpaired) electrons. The summed E-state index contributed by atoms with van der Waals surface area (Å²) in [7, 11) is 0. The number of hydrogen-bond acceptors (Lipinski definition) is 4. The second kappa shape index (κ2) is 8.13. The van der Waals surface area contributed by atoms with E-state index in [4.69, 9.17) is 0 Å². The monoisotopic (exact) mass is 329 g/mol. The fourth-order valence-electron chi connectivity index (χ4n) is 2.86. The molecule has 0 bridgehead atoms. The van der Waals surface area contributed by atoms with Crippen molar-refractivity contribution in [2.75, 3.05) is 44.2 Å². The molecule has 3 rings (SSSR count). The Morgan fingerprint density at radius 3 is 2.52 bits per heavy atom. The van der Waals surface area contributed by atoms with Gasteiger partial charge in [-0.3, -0.25) is 9.69 Å². The molecule has 4 nitrogen and oxygen atoms in total. The Hall–Kier alpha value is -1.85. The van der Waals surface area contributed by atoms with Crippen molar-refractivity contribution in [3.63, 3.8) is 0 Å². The Bertz CT molecular complexity index is 592. The van der Waals surface area contributed by atoms with Crippen LogP contribution in [0.5, 0.6) is 0 Å². The fraction of sp³-hybridized carbons (Fsp3) is 0.389. The Morgan fingerprint density at radius 2 is 1.83 bits per heavy atom. The minimum absolute atomic E-state index is 0.121. The van der Waals surface area contributed by atoms with Gasteiger partial charge in [0.2, 0.25) is 5.91 Å². The number of thiophene rings is 1. The van der Waals surface area contributed by atoms with E-state index in [1.165, 1.54) is 5.69 Å². The molecule has 23 heavy (non-hydrogen) atoms. The molecule has 1 amide bonds. The lowest BCUT2D eigenvalue weighted by molar-refractivity contribution is -0.120. The molecule has 1 saturated heterocycles. The smallest absolute Gasteiger partial charge is 0.225 e. The number of amides is 1. The molecule has 0 unspecified atom stereocenters. The SMILES string of the molecule is O=C(Cc1cccs1)NCCN1CCN(c2ccccc2)CC1. The molecule has 2 aromatic rings. The predicted molar refractivity (Wildman–Crippen MR) is 96.1 cm³/mol. The van der Waals surface area contributed by atoms with E-state index in [1.807, 2.05) is 17.5 Å². The van der Waals surface area contributed by atoms with Gasteiger partial charge in [0, 0.05) is 49.8 Å². The van der Waals surface area contributed by atoms with E-state index < -0.39 is 0 Å². The molecule has 1 aromatic heterocycles. The first-order valence-electron chi connectivity index (χ1n) is 8.13. The summed E-state index contributed by atoms with van der Waals surface area (Å²) >= 11 is 1.63. The highest BCUT2D eigenvalue weighted by molar-refractivity contribution is 7.10. The number of carbonyl (C=O) groups is 1. The van der Waals surface area contributed by atoms with Crippen LogP contribution in [-0.4, -0.2) is 50.1 Å². The molecule has 0 aliphatic carbocycles. The van der Waals surface area contributed by atoms with Crippen molar-refractivity contribution in [1.29, 1.82) is 0 Å². The van der Waals surface area contributed by atoms with Crippen molar-refractivity contribution in [3.8, 4) is 0 Å². The molecule has 5 heteroatoms. The Morgan fingerprint density at radius 1 is 1.04 bits per heavy atom. The van der Waals surface area contributed by atoms with E-state index in [9.17, 15) is 4.79 Å². The lowest BCUT2D eigenvalue weighted by atomic mass is 10.2. The van der Waals surface area contributed by atoms with Crippen LogP contribution in [0.4, 0.5) is 5.69 Å². The van der Waals surface area contributed by atoms with E-state index in [2.05, 4.69) is 45.4 Å². The third kappa shape index (κ3) is 4.81. The molecule has 1 aliphatic rings. The summed E-state index contributed by atoms with van der Waals surface area (Å²) in [4.78, 5) is 17.8. The normalized spacial score (nSPS) is 15.6. The van der Waals surface area contributed by atoms with Crippen LogP contribution < -0.4 is 10.2 Å². The summed E-state index contributed by atoms with van der Waals surface area (Å²) in [5, 5.41) is 5.03. The van der Waals surface area contributed by atoms with E-state index in [-0.39, 0.29) is 5.91 Å². The summed E-state index contributed by atoms with van der Waals surface area (Å²) in [5.74, 6) is 0.121. The second-order valence-electron chi connectivity index (χ2n) is 5.77. The van der Waals surface area contributed by atoms with Crippen LogP contribution >= 0.6 is 11.3 Å². The average molecular weight is 329 g/mol. The highest BCUT2D eigenvalue weighted by atomic mass is 32.1. The van der Waals surface area contributed by atoms with Gasteiger partial charge in [-0.1, -0.05) is 24.3 Å². The molecule has 1 fully saturated rings. The number of nitrogens with zero attached hydrogens (tertiary/aromatic N) is 2. The minimum atomic E-state index is 0.121. The van der Waals surface area contributed by atoms with Crippen molar-refractivity contribution in [2.45, 2.75) is 6.42 Å². The zero-order chi connectivity index (χ0) is 15.9. The largest absolute Gasteiger partial charge is 0.369 e. The molecular weight excluding hydrogens is 306 g/mol. The number of rotatable bonds is 6. The Kier molecular flexibility index (Phi) is 5.66. The maximum atomic E-state index is 11.9. The maximum Gasteiger partial charge on any atom is 0.225 e. The summed E-state index contributed by atoms with van der Waals surface area (Å²) < 4.78 is 0. The summed E-state index contributed by atoms with van der Waals surface area (Å²) in [6.45, 7) is 5.86. The van der Waals surface area contributed by atoms with Crippen molar-refractivity contribution in [2.24, 2.45) is 0 Å². The zero-order valence-electron chi connectivity index (χ0n) is 13.3. The number of benzene rings is 1. The van der Waals surface area contributed by atoms with Crippen LogP contribution in [0, 0.1) is 0 Å². The molecule has 1 aliphatic heterocycles. The fourth-order valence-corrected chi connectivity index (χ4v) is 3.56. The first kappa shape index (κ1) is 16.0. The van der Waals surface area contributed by atoms with Crippen molar-refractivity contribution in [3.05, 3.63) is 52.7 Å². The lowest BCUT2D eigenvalue weighted by Gasteiger charge is -2.36. The third-order valence-corrected chi connectivity index (χ3v) is 5.04. The van der Waals surface area contributed by atoms with Gasteiger partial charge in [0.1, 0.15) is 0 Å². The highest BCUT2D eigenvalue weighted by Crippen LogP contribution is 2.15. The van der Waals surface area contributed by atoms with E-state index in [0.29, 0.717) is 6.42 Å². The highest BCUT2D eigenvalue weighted by Gasteiger charge is 2.16. The van der Waals surface area contributed by atoms with Crippen LogP contribution in [0.2, 0.25) is 0 Å². The first-order chi connectivity index (χ1) is 11.3. The predicted octanol–water partition coefficient (Wildman–Crippen LogP) is 2.23. The van der Waals surface area contributed by atoms with Gasteiger partial charge in [-0.05, 0) is 23.6 Å². The van der Waals surface area contributed by atoms with Gasteiger partial charge >= 0.3 is 0 Å². The molecule has 0 atom stereocenters. The number of nitrogens with one attached hydrogen (secondary N) is 1. The molecule has 1 aromatic carbocycles. The second-order valence-corrected chi connectivity index (χ2v) is 6.80. The maximum absolute atomic E-state index is 11.9. The molecule has 0 spiro atoms. The van der Waals surface area contributed by atoms with Crippen molar-refractivity contribution in [1.82, 2.24) is 10.2 Å². The minimum Gasteiger partial charge on any atom is -0.369 e. The quantitative estimate of drug-likeness (QED) is 0.883. The van der Waals surface area contributed by atoms with E-state index in [0.717, 1.165) is 44.1 Å². The van der Waals surface area contributed by atoms with Crippen molar-refractivity contribution < 1.29 is 4.79 Å². The zero-order valence-corrected chi connectivity index (χ0v) is 14.1. The van der Waals surface area contributed by atoms with E-state index >= 15 is 0 Å². The molecule has 1 N–H and O–H groups in total. The van der Waals surface area contributed by atoms with Crippen LogP contribution in [0.3, 0.4) is 0 Å². The standard InChI is InChI=1S/C18H23N3OS/c22-18(15-17-7-4-14-23-17)19-8-9-20-10-12-21(13-11-20)16-5-2-1-3-6-16/h1-7,14H,8-13,15H2,(H,19,22). The van der Waals surface area contributed by atoms with Crippen LogP contribution in [-0.2, 0) is 11.2 Å². The van der Waals surface area contributed by atoms with Gasteiger partial charge < -0.3 is 10.2 Å². The Balaban J connectivity index is 1.34. The van der Waals surface area contributed by atoms with Crippen LogP contribution in [0.1, 0.15) is 4.88 Å². The number of piperazine rings is 1. The van der Waals surface area contributed by atoms with Gasteiger partial charge in [-0.25, -0.2) is 0 Å². The molecule has 2 heterocycles. The molecule has 0 saturated carbocycles. The number of para-hydroxylation sites is 1. The summed E-state index contributed by atoms with van der Waals surface area (Å²) in [6, 6.07) is 14.6. The van der Waals surface area contributed by atoms with Gasteiger partial charge in [-0.2, -0.15) is 0 Å². The lowest BCUT2D eigenvalue weighted by Crippen LogP contribution is -2.48. The number of hydrogen-bond donors (Lipinski definition) is 1. The van der Waals surface area contributed by atoms with Gasteiger partial charge in [0.25, 0.3) is 0 Å². The first-order valence-corrected chi connectivity index (χ1v) is 9.01. The summed E-state index contributed by atoms with van der Waals surface area (Å²) in [6.07, 6.45) is 0.499. The topological polar surface area (TPSA) is 35.6 Å². The number of carbonyl (C=O) groups excluding carboxylic acids is 1. The van der Waals surface area contributed by atoms with Crippen LogP contribution in [0.25, 0.3) is 0 Å². The van der Waals surface area contributed by atoms with Crippen molar-refractivity contribution >= 4 is 22.9 Å². The number of anilines is 1. The van der Waals surface area contributed by atoms with Crippen LogP contribution in [0.15, 0.2) is 47.8 Å².